The molecule has 1 aromatic rings. The first-order valence-electron chi connectivity index (χ1n) is 8.13. The summed E-state index contributed by atoms with van der Waals surface area (Å²) in [5.74, 6) is 3.49. The summed E-state index contributed by atoms with van der Waals surface area (Å²) < 4.78 is 2.22. The van der Waals surface area contributed by atoms with Crippen LogP contribution in [0.25, 0.3) is 0 Å². The number of nitrogens with zero attached hydrogens (tertiary/aromatic N) is 2. The fraction of sp³-hybridized carbons (Fsp3) is 0.824. The highest BCUT2D eigenvalue weighted by molar-refractivity contribution is 5.05. The van der Waals surface area contributed by atoms with Gasteiger partial charge in [-0.2, -0.15) is 0 Å². The van der Waals surface area contributed by atoms with E-state index >= 15 is 0 Å². The minimum atomic E-state index is 0.202. The van der Waals surface area contributed by atoms with Gasteiger partial charge in [-0.15, -0.1) is 0 Å². The molecule has 20 heavy (non-hydrogen) atoms. The fourth-order valence-corrected chi connectivity index (χ4v) is 3.42. The van der Waals surface area contributed by atoms with Crippen LogP contribution >= 0.6 is 0 Å². The standard InChI is InChI=1S/C17H31N3/c1-6-13-7-8-14(12-19-17(2,3)4)15(11-13)16-18-9-10-20(16)5/h9-10,13-15,19H,6-8,11-12H2,1-5H3. The van der Waals surface area contributed by atoms with Gasteiger partial charge < -0.3 is 9.88 Å². The van der Waals surface area contributed by atoms with E-state index in [1.165, 1.54) is 31.5 Å². The minimum absolute atomic E-state index is 0.202. The lowest BCUT2D eigenvalue weighted by atomic mass is 9.72. The van der Waals surface area contributed by atoms with E-state index in [-0.39, 0.29) is 5.54 Å². The smallest absolute Gasteiger partial charge is 0.111 e. The average molecular weight is 277 g/mol. The molecule has 0 aromatic carbocycles. The summed E-state index contributed by atoms with van der Waals surface area (Å²) in [6.07, 6.45) is 9.35. The van der Waals surface area contributed by atoms with Crippen molar-refractivity contribution in [1.82, 2.24) is 14.9 Å². The Kier molecular flexibility index (Phi) is 4.90. The van der Waals surface area contributed by atoms with Crippen LogP contribution in [0.4, 0.5) is 0 Å². The van der Waals surface area contributed by atoms with Gasteiger partial charge in [0.1, 0.15) is 5.82 Å². The zero-order chi connectivity index (χ0) is 14.8. The normalized spacial score (nSPS) is 27.8. The van der Waals surface area contributed by atoms with Crippen molar-refractivity contribution in [3.8, 4) is 0 Å². The third-order valence-electron chi connectivity index (χ3n) is 4.76. The zero-order valence-electron chi connectivity index (χ0n) is 13.8. The van der Waals surface area contributed by atoms with Gasteiger partial charge in [-0.3, -0.25) is 0 Å². The van der Waals surface area contributed by atoms with E-state index in [1.54, 1.807) is 0 Å². The molecule has 2 rings (SSSR count). The molecule has 1 fully saturated rings. The van der Waals surface area contributed by atoms with Gasteiger partial charge in [-0.05, 0) is 52.0 Å². The second-order valence-corrected chi connectivity index (χ2v) is 7.48. The summed E-state index contributed by atoms with van der Waals surface area (Å²) >= 11 is 0. The van der Waals surface area contributed by atoms with Crippen molar-refractivity contribution in [3.05, 3.63) is 18.2 Å². The Morgan fingerprint density at radius 2 is 2.10 bits per heavy atom. The summed E-state index contributed by atoms with van der Waals surface area (Å²) in [5, 5.41) is 3.70. The molecule has 1 saturated carbocycles. The maximum Gasteiger partial charge on any atom is 0.111 e. The summed E-state index contributed by atoms with van der Waals surface area (Å²) in [7, 11) is 2.13. The molecular weight excluding hydrogens is 246 g/mol. The molecule has 1 N–H and O–H groups in total. The Hall–Kier alpha value is -0.830. The van der Waals surface area contributed by atoms with Crippen LogP contribution in [0.3, 0.4) is 0 Å². The Morgan fingerprint density at radius 3 is 2.65 bits per heavy atom. The van der Waals surface area contributed by atoms with E-state index in [0.717, 1.165) is 18.4 Å². The molecule has 3 heteroatoms. The van der Waals surface area contributed by atoms with Gasteiger partial charge in [-0.25, -0.2) is 4.98 Å². The van der Waals surface area contributed by atoms with Gasteiger partial charge >= 0.3 is 0 Å². The van der Waals surface area contributed by atoms with E-state index in [4.69, 9.17) is 0 Å². The highest BCUT2D eigenvalue weighted by Gasteiger charge is 2.33. The van der Waals surface area contributed by atoms with Crippen molar-refractivity contribution in [2.75, 3.05) is 6.54 Å². The number of rotatable bonds is 4. The molecule has 1 aromatic heterocycles. The van der Waals surface area contributed by atoms with Gasteiger partial charge in [0.2, 0.25) is 0 Å². The summed E-state index contributed by atoms with van der Waals surface area (Å²) in [6.45, 7) is 10.2. The largest absolute Gasteiger partial charge is 0.338 e. The molecule has 3 unspecified atom stereocenters. The third-order valence-corrected chi connectivity index (χ3v) is 4.76. The first-order valence-corrected chi connectivity index (χ1v) is 8.13. The van der Waals surface area contributed by atoms with Crippen molar-refractivity contribution >= 4 is 0 Å². The van der Waals surface area contributed by atoms with Gasteiger partial charge in [0.15, 0.2) is 0 Å². The second-order valence-electron chi connectivity index (χ2n) is 7.48. The lowest BCUT2D eigenvalue weighted by Gasteiger charge is -2.37. The lowest BCUT2D eigenvalue weighted by Crippen LogP contribution is -2.42. The monoisotopic (exact) mass is 277 g/mol. The summed E-state index contributed by atoms with van der Waals surface area (Å²) in [4.78, 5) is 4.64. The predicted molar refractivity (Wildman–Crippen MR) is 84.8 cm³/mol. The molecule has 3 nitrogen and oxygen atoms in total. The Balaban J connectivity index is 2.10. The van der Waals surface area contributed by atoms with Crippen LogP contribution in [0.2, 0.25) is 0 Å². The number of aryl methyl sites for hydroxylation is 1. The van der Waals surface area contributed by atoms with Crippen molar-refractivity contribution in [3.63, 3.8) is 0 Å². The first kappa shape index (κ1) is 15.6. The molecule has 114 valence electrons. The van der Waals surface area contributed by atoms with Gasteiger partial charge in [-0.1, -0.05) is 19.8 Å². The van der Waals surface area contributed by atoms with Crippen LogP contribution in [-0.2, 0) is 7.05 Å². The van der Waals surface area contributed by atoms with E-state index in [2.05, 4.69) is 55.8 Å². The van der Waals surface area contributed by atoms with Crippen LogP contribution < -0.4 is 5.32 Å². The van der Waals surface area contributed by atoms with E-state index in [1.807, 2.05) is 6.20 Å². The Labute approximate surface area is 124 Å². The summed E-state index contributed by atoms with van der Waals surface area (Å²) in [5.41, 5.74) is 0.202. The number of hydrogen-bond acceptors (Lipinski definition) is 2. The van der Waals surface area contributed by atoms with Crippen LogP contribution in [0.15, 0.2) is 12.4 Å². The Morgan fingerprint density at radius 1 is 1.35 bits per heavy atom. The summed E-state index contributed by atoms with van der Waals surface area (Å²) in [6, 6.07) is 0. The molecule has 0 amide bonds. The quantitative estimate of drug-likeness (QED) is 0.909. The molecule has 0 radical (unpaired) electrons. The second kappa shape index (κ2) is 6.30. The number of hydrogen-bond donors (Lipinski definition) is 1. The molecule has 0 bridgehead atoms. The number of aromatic nitrogens is 2. The molecule has 0 saturated heterocycles. The topological polar surface area (TPSA) is 29.9 Å². The highest BCUT2D eigenvalue weighted by Crippen LogP contribution is 2.40. The van der Waals surface area contributed by atoms with E-state index in [0.29, 0.717) is 5.92 Å². The molecule has 1 aliphatic carbocycles. The van der Waals surface area contributed by atoms with E-state index < -0.39 is 0 Å². The van der Waals surface area contributed by atoms with Crippen LogP contribution in [0.5, 0.6) is 0 Å². The predicted octanol–water partition coefficient (Wildman–Crippen LogP) is 3.72. The molecule has 0 spiro atoms. The van der Waals surface area contributed by atoms with Gasteiger partial charge in [0.25, 0.3) is 0 Å². The molecule has 0 aliphatic heterocycles. The van der Waals surface area contributed by atoms with Crippen LogP contribution in [-0.4, -0.2) is 21.6 Å². The number of imidazole rings is 1. The molecule has 1 aliphatic rings. The lowest BCUT2D eigenvalue weighted by molar-refractivity contribution is 0.205. The number of nitrogens with one attached hydrogen (secondary N) is 1. The van der Waals surface area contributed by atoms with Gasteiger partial charge in [0, 0.05) is 30.9 Å². The minimum Gasteiger partial charge on any atom is -0.338 e. The van der Waals surface area contributed by atoms with Crippen LogP contribution in [0.1, 0.15) is 65.1 Å². The maximum absolute atomic E-state index is 4.64. The zero-order valence-corrected chi connectivity index (χ0v) is 13.8. The van der Waals surface area contributed by atoms with Crippen molar-refractivity contribution in [2.45, 2.75) is 64.8 Å². The van der Waals surface area contributed by atoms with Crippen molar-refractivity contribution in [1.29, 1.82) is 0 Å². The Bertz CT molecular complexity index is 416. The fourth-order valence-electron chi connectivity index (χ4n) is 3.42. The third kappa shape index (κ3) is 3.85. The van der Waals surface area contributed by atoms with E-state index in [9.17, 15) is 0 Å². The molecular formula is C17H31N3. The molecule has 3 atom stereocenters. The maximum atomic E-state index is 4.64. The van der Waals surface area contributed by atoms with Gasteiger partial charge in [0.05, 0.1) is 0 Å². The highest BCUT2D eigenvalue weighted by atomic mass is 15.0. The van der Waals surface area contributed by atoms with Crippen molar-refractivity contribution in [2.24, 2.45) is 18.9 Å². The first-order chi connectivity index (χ1) is 9.40. The van der Waals surface area contributed by atoms with Crippen molar-refractivity contribution < 1.29 is 0 Å². The SMILES string of the molecule is CCC1CCC(CNC(C)(C)C)C(c2nccn2C)C1. The van der Waals surface area contributed by atoms with Crippen LogP contribution in [0, 0.1) is 11.8 Å². The average Bonchev–Trinajstić information content (AvgIpc) is 2.81. The molecule has 1 heterocycles.